The largest absolute Gasteiger partial charge is 0.312 e. The third-order valence-corrected chi connectivity index (χ3v) is 6.43. The van der Waals surface area contributed by atoms with E-state index in [2.05, 4.69) is 9.88 Å². The van der Waals surface area contributed by atoms with Crippen LogP contribution in [0, 0.1) is 11.7 Å². The first-order chi connectivity index (χ1) is 14.9. The first kappa shape index (κ1) is 24.1. The fraction of sp³-hybridized carbons (Fsp3) is 0.348. The molecule has 2 aromatic carbocycles. The molecule has 170 valence electrons. The molecule has 0 radical (unpaired) electrons. The first-order valence-electron chi connectivity index (χ1n) is 10.3. The highest BCUT2D eigenvalue weighted by atomic mass is 35.5. The van der Waals surface area contributed by atoms with Crippen LogP contribution in [0.4, 0.5) is 15.2 Å². The normalized spacial score (nSPS) is 15.9. The third kappa shape index (κ3) is 5.09. The van der Waals surface area contributed by atoms with E-state index in [1.165, 1.54) is 17.4 Å². The summed E-state index contributed by atoms with van der Waals surface area (Å²) in [5.74, 6) is -1.05. The number of carbonyl (C=O) groups is 2. The van der Waals surface area contributed by atoms with Crippen LogP contribution < -0.4 is 9.80 Å². The van der Waals surface area contributed by atoms with Crippen molar-refractivity contribution in [3.63, 3.8) is 0 Å². The molecule has 3 aromatic rings. The Morgan fingerprint density at radius 2 is 1.91 bits per heavy atom. The fourth-order valence-corrected chi connectivity index (χ4v) is 4.83. The van der Waals surface area contributed by atoms with Crippen LogP contribution in [0.5, 0.6) is 0 Å². The average Bonchev–Trinajstić information content (AvgIpc) is 3.36. The first-order valence-corrected chi connectivity index (χ1v) is 11.1. The summed E-state index contributed by atoms with van der Waals surface area (Å²) in [5, 5.41) is 0.481. The van der Waals surface area contributed by atoms with Crippen molar-refractivity contribution in [3.05, 3.63) is 54.3 Å². The molecule has 0 bridgehead atoms. The lowest BCUT2D eigenvalue weighted by atomic mass is 10.1. The minimum absolute atomic E-state index is 0. The SMILES string of the molecule is CN(C)CCCN(C(=O)C1CC(=O)N(c2ccccc2)C1)c1nc2c(F)cccc2s1.Cl. The summed E-state index contributed by atoms with van der Waals surface area (Å²) < 4.78 is 14.9. The summed E-state index contributed by atoms with van der Waals surface area (Å²) in [5.41, 5.74) is 1.07. The van der Waals surface area contributed by atoms with E-state index in [1.807, 2.05) is 44.4 Å². The van der Waals surface area contributed by atoms with Crippen molar-refractivity contribution in [2.45, 2.75) is 12.8 Å². The van der Waals surface area contributed by atoms with Crippen molar-refractivity contribution in [2.75, 3.05) is 43.5 Å². The predicted octanol–water partition coefficient (Wildman–Crippen LogP) is 4.20. The number of carbonyl (C=O) groups excluding carboxylic acids is 2. The van der Waals surface area contributed by atoms with Crippen LogP contribution in [-0.2, 0) is 9.59 Å². The fourth-order valence-electron chi connectivity index (χ4n) is 3.81. The molecular formula is C23H26ClFN4O2S. The van der Waals surface area contributed by atoms with Gasteiger partial charge < -0.3 is 9.80 Å². The van der Waals surface area contributed by atoms with Crippen LogP contribution in [0.25, 0.3) is 10.2 Å². The molecule has 1 saturated heterocycles. The summed E-state index contributed by atoms with van der Waals surface area (Å²) in [6.07, 6.45) is 0.914. The number of anilines is 2. The molecule has 1 aromatic heterocycles. The van der Waals surface area contributed by atoms with Gasteiger partial charge in [0.05, 0.1) is 10.6 Å². The number of thiazole rings is 1. The minimum atomic E-state index is -0.455. The van der Waals surface area contributed by atoms with E-state index < -0.39 is 11.7 Å². The Balaban J connectivity index is 0.00000289. The van der Waals surface area contributed by atoms with Gasteiger partial charge in [0.2, 0.25) is 11.8 Å². The number of rotatable bonds is 7. The number of amides is 2. The van der Waals surface area contributed by atoms with E-state index in [1.54, 1.807) is 21.9 Å². The zero-order chi connectivity index (χ0) is 22.0. The molecule has 1 atom stereocenters. The Morgan fingerprint density at radius 1 is 1.16 bits per heavy atom. The van der Waals surface area contributed by atoms with Crippen molar-refractivity contribution < 1.29 is 14.0 Å². The maximum Gasteiger partial charge on any atom is 0.234 e. The number of para-hydroxylation sites is 2. The van der Waals surface area contributed by atoms with Crippen molar-refractivity contribution in [1.82, 2.24) is 9.88 Å². The van der Waals surface area contributed by atoms with Gasteiger partial charge in [0.25, 0.3) is 0 Å². The molecule has 1 fully saturated rings. The van der Waals surface area contributed by atoms with E-state index in [4.69, 9.17) is 0 Å². The second kappa shape index (κ2) is 10.4. The number of nitrogens with zero attached hydrogens (tertiary/aromatic N) is 4. The zero-order valence-electron chi connectivity index (χ0n) is 18.0. The number of hydrogen-bond donors (Lipinski definition) is 0. The Kier molecular flexibility index (Phi) is 7.82. The van der Waals surface area contributed by atoms with Gasteiger partial charge in [-0.3, -0.25) is 14.5 Å². The van der Waals surface area contributed by atoms with E-state index in [0.29, 0.717) is 22.9 Å². The third-order valence-electron chi connectivity index (χ3n) is 5.38. The maximum absolute atomic E-state index is 14.2. The second-order valence-corrected chi connectivity index (χ2v) is 8.98. The summed E-state index contributed by atoms with van der Waals surface area (Å²) in [6, 6.07) is 14.2. The molecule has 0 saturated carbocycles. The van der Waals surface area contributed by atoms with Crippen molar-refractivity contribution in [2.24, 2.45) is 5.92 Å². The number of aromatic nitrogens is 1. The molecule has 4 rings (SSSR count). The van der Waals surface area contributed by atoms with E-state index in [-0.39, 0.29) is 36.2 Å². The molecule has 2 amide bonds. The van der Waals surface area contributed by atoms with Gasteiger partial charge in [-0.25, -0.2) is 9.37 Å². The lowest BCUT2D eigenvalue weighted by molar-refractivity contribution is -0.124. The Bertz CT molecular complexity index is 1090. The van der Waals surface area contributed by atoms with Gasteiger partial charge >= 0.3 is 0 Å². The highest BCUT2D eigenvalue weighted by Crippen LogP contribution is 2.33. The van der Waals surface area contributed by atoms with Gasteiger partial charge in [0, 0.05) is 25.2 Å². The second-order valence-electron chi connectivity index (χ2n) is 7.97. The Labute approximate surface area is 197 Å². The summed E-state index contributed by atoms with van der Waals surface area (Å²) in [4.78, 5) is 35.9. The number of halogens is 2. The number of benzene rings is 2. The van der Waals surface area contributed by atoms with Crippen LogP contribution >= 0.6 is 23.7 Å². The Hall–Kier alpha value is -2.55. The molecule has 9 heteroatoms. The standard InChI is InChI=1S/C23H25FN4O2S.ClH/c1-26(2)12-7-13-27(23-25-21-18(24)10-6-11-19(21)31-23)22(30)16-14-20(29)28(15-16)17-8-4-3-5-9-17;/h3-6,8-11,16H,7,12-15H2,1-2H3;1H. The van der Waals surface area contributed by atoms with Crippen molar-refractivity contribution >= 4 is 56.6 Å². The lowest BCUT2D eigenvalue weighted by Crippen LogP contribution is -2.39. The van der Waals surface area contributed by atoms with Crippen LogP contribution in [0.3, 0.4) is 0 Å². The number of hydrogen-bond acceptors (Lipinski definition) is 5. The van der Waals surface area contributed by atoms with Gasteiger partial charge in [-0.05, 0) is 51.3 Å². The van der Waals surface area contributed by atoms with Crippen LogP contribution in [0.1, 0.15) is 12.8 Å². The Morgan fingerprint density at radius 3 is 2.59 bits per heavy atom. The predicted molar refractivity (Wildman–Crippen MR) is 129 cm³/mol. The molecule has 2 heterocycles. The molecule has 1 aliphatic rings. The molecule has 0 aliphatic carbocycles. The number of fused-ring (bicyclic) bond motifs is 1. The van der Waals surface area contributed by atoms with Gasteiger partial charge in [0.1, 0.15) is 11.3 Å². The molecule has 0 N–H and O–H groups in total. The summed E-state index contributed by atoms with van der Waals surface area (Å²) in [7, 11) is 3.96. The maximum atomic E-state index is 14.2. The van der Waals surface area contributed by atoms with Crippen LogP contribution in [0.15, 0.2) is 48.5 Å². The summed E-state index contributed by atoms with van der Waals surface area (Å²) in [6.45, 7) is 1.61. The average molecular weight is 477 g/mol. The molecule has 1 aliphatic heterocycles. The van der Waals surface area contributed by atoms with Gasteiger partial charge in [-0.1, -0.05) is 35.6 Å². The molecule has 6 nitrogen and oxygen atoms in total. The molecular weight excluding hydrogens is 451 g/mol. The highest BCUT2D eigenvalue weighted by Gasteiger charge is 2.38. The highest BCUT2D eigenvalue weighted by molar-refractivity contribution is 7.22. The van der Waals surface area contributed by atoms with Gasteiger partial charge in [0.15, 0.2) is 5.13 Å². The monoisotopic (exact) mass is 476 g/mol. The topological polar surface area (TPSA) is 56.8 Å². The molecule has 0 spiro atoms. The molecule has 1 unspecified atom stereocenters. The summed E-state index contributed by atoms with van der Waals surface area (Å²) >= 11 is 1.31. The van der Waals surface area contributed by atoms with Crippen molar-refractivity contribution in [3.8, 4) is 0 Å². The minimum Gasteiger partial charge on any atom is -0.312 e. The van der Waals surface area contributed by atoms with Crippen LogP contribution in [-0.4, -0.2) is 55.4 Å². The van der Waals surface area contributed by atoms with Crippen molar-refractivity contribution in [1.29, 1.82) is 0 Å². The molecule has 32 heavy (non-hydrogen) atoms. The van der Waals surface area contributed by atoms with E-state index in [0.717, 1.165) is 18.7 Å². The van der Waals surface area contributed by atoms with E-state index in [9.17, 15) is 14.0 Å². The lowest BCUT2D eigenvalue weighted by Gasteiger charge is -2.24. The quantitative estimate of drug-likeness (QED) is 0.513. The smallest absolute Gasteiger partial charge is 0.234 e. The zero-order valence-corrected chi connectivity index (χ0v) is 19.7. The van der Waals surface area contributed by atoms with Crippen LogP contribution in [0.2, 0.25) is 0 Å². The van der Waals surface area contributed by atoms with Gasteiger partial charge in [-0.2, -0.15) is 0 Å². The van der Waals surface area contributed by atoms with E-state index >= 15 is 0 Å². The van der Waals surface area contributed by atoms with Gasteiger partial charge in [-0.15, -0.1) is 12.4 Å².